The van der Waals surface area contributed by atoms with Crippen LogP contribution in [-0.4, -0.2) is 0 Å². The highest BCUT2D eigenvalue weighted by Crippen LogP contribution is 2.20. The van der Waals surface area contributed by atoms with E-state index < -0.39 is 0 Å². The molecule has 0 bridgehead atoms. The van der Waals surface area contributed by atoms with Crippen molar-refractivity contribution < 1.29 is 4.73 Å². The second kappa shape index (κ2) is 2.89. The molecule has 0 aliphatic carbocycles. The lowest BCUT2D eigenvalue weighted by Gasteiger charge is -2.02. The molecule has 0 saturated carbocycles. The van der Waals surface area contributed by atoms with Crippen LogP contribution in [0.3, 0.4) is 0 Å². The molecule has 2 nitrogen and oxygen atoms in total. The number of halogens is 1. The molecule has 3 heteroatoms. The molecule has 13 heavy (non-hydrogen) atoms. The molecule has 1 heterocycles. The van der Waals surface area contributed by atoms with Crippen LogP contribution in [0, 0.1) is 12.1 Å². The predicted molar refractivity (Wildman–Crippen MR) is 52.7 cm³/mol. The van der Waals surface area contributed by atoms with E-state index in [2.05, 4.69) is 0 Å². The van der Waals surface area contributed by atoms with Crippen molar-refractivity contribution in [1.82, 2.24) is 0 Å². The first-order valence-electron chi connectivity index (χ1n) is 3.96. The summed E-state index contributed by atoms with van der Waals surface area (Å²) in [6, 6.07) is 7.23. The smallest absolute Gasteiger partial charge is 0.225 e. The maximum Gasteiger partial charge on any atom is 0.225 e. The highest BCUT2D eigenvalue weighted by Gasteiger charge is 2.06. The first-order valence-corrected chi connectivity index (χ1v) is 4.34. The molecule has 0 unspecified atom stereocenters. The van der Waals surface area contributed by atoms with E-state index in [1.807, 2.05) is 25.1 Å². The average Bonchev–Trinajstić information content (AvgIpc) is 2.12. The number of nitrogens with zero attached hydrogens (tertiary/aromatic N) is 1. The van der Waals surface area contributed by atoms with Crippen LogP contribution in [0.5, 0.6) is 0 Å². The van der Waals surface area contributed by atoms with Gasteiger partial charge in [0.2, 0.25) is 5.52 Å². The summed E-state index contributed by atoms with van der Waals surface area (Å²) in [5.74, 6) is 0. The third-order valence-electron chi connectivity index (χ3n) is 2.00. The molecule has 0 saturated heterocycles. The standard InChI is InChI=1S/C10H8ClNO/c1-7-2-3-8-9(11)4-5-12(13)10(8)6-7/h2-6H,1H3. The van der Waals surface area contributed by atoms with Crippen molar-refractivity contribution in [2.75, 3.05) is 0 Å². The monoisotopic (exact) mass is 193 g/mol. The van der Waals surface area contributed by atoms with Crippen LogP contribution in [0.4, 0.5) is 0 Å². The molecular weight excluding hydrogens is 186 g/mol. The summed E-state index contributed by atoms with van der Waals surface area (Å²) >= 11 is 5.93. The van der Waals surface area contributed by atoms with Crippen LogP contribution in [0.1, 0.15) is 5.56 Å². The van der Waals surface area contributed by atoms with Gasteiger partial charge in [-0.15, -0.1) is 0 Å². The van der Waals surface area contributed by atoms with Crippen LogP contribution in [0.15, 0.2) is 30.5 Å². The van der Waals surface area contributed by atoms with Crippen LogP contribution in [0.2, 0.25) is 5.02 Å². The summed E-state index contributed by atoms with van der Waals surface area (Å²) in [6.45, 7) is 1.94. The minimum absolute atomic E-state index is 0.613. The Balaban J connectivity index is 2.92. The van der Waals surface area contributed by atoms with Crippen molar-refractivity contribution >= 4 is 22.5 Å². The third kappa shape index (κ3) is 1.33. The molecule has 0 N–H and O–H groups in total. The largest absolute Gasteiger partial charge is 0.618 e. The summed E-state index contributed by atoms with van der Waals surface area (Å²) in [4.78, 5) is 0. The SMILES string of the molecule is Cc1ccc2c(Cl)cc[n+]([O-])c2c1. The summed E-state index contributed by atoms with van der Waals surface area (Å²) in [5, 5.41) is 12.8. The maximum atomic E-state index is 11.3. The third-order valence-corrected chi connectivity index (χ3v) is 2.33. The Hall–Kier alpha value is -1.28. The first kappa shape index (κ1) is 8.32. The molecule has 0 aliphatic heterocycles. The molecule has 1 aromatic carbocycles. The molecule has 2 rings (SSSR count). The number of hydrogen-bond acceptors (Lipinski definition) is 1. The molecule has 0 radical (unpaired) electrons. The normalized spacial score (nSPS) is 10.6. The summed E-state index contributed by atoms with van der Waals surface area (Å²) in [6.07, 6.45) is 1.42. The Morgan fingerprint density at radius 3 is 2.85 bits per heavy atom. The summed E-state index contributed by atoms with van der Waals surface area (Å²) < 4.78 is 0.828. The van der Waals surface area contributed by atoms with Crippen molar-refractivity contribution in [3.05, 3.63) is 46.3 Å². The van der Waals surface area contributed by atoms with Gasteiger partial charge in [0, 0.05) is 12.1 Å². The molecular formula is C10H8ClNO. The van der Waals surface area contributed by atoms with E-state index in [0.717, 1.165) is 15.7 Å². The maximum absolute atomic E-state index is 11.3. The lowest BCUT2D eigenvalue weighted by Crippen LogP contribution is -2.25. The lowest BCUT2D eigenvalue weighted by atomic mass is 10.1. The van der Waals surface area contributed by atoms with Gasteiger partial charge in [-0.2, -0.15) is 4.73 Å². The van der Waals surface area contributed by atoms with Gasteiger partial charge >= 0.3 is 0 Å². The van der Waals surface area contributed by atoms with Gasteiger partial charge in [0.25, 0.3) is 0 Å². The van der Waals surface area contributed by atoms with E-state index in [1.54, 1.807) is 6.07 Å². The second-order valence-electron chi connectivity index (χ2n) is 3.01. The molecule has 1 aromatic heterocycles. The van der Waals surface area contributed by atoms with E-state index >= 15 is 0 Å². The van der Waals surface area contributed by atoms with Gasteiger partial charge in [-0.1, -0.05) is 17.7 Å². The van der Waals surface area contributed by atoms with Gasteiger partial charge in [-0.3, -0.25) is 0 Å². The Morgan fingerprint density at radius 1 is 1.31 bits per heavy atom. The Bertz CT molecular complexity index is 468. The Morgan fingerprint density at radius 2 is 2.08 bits per heavy atom. The number of pyridine rings is 1. The fourth-order valence-corrected chi connectivity index (χ4v) is 1.55. The molecule has 0 atom stereocenters. The molecule has 66 valence electrons. The quantitative estimate of drug-likeness (QED) is 0.466. The lowest BCUT2D eigenvalue weighted by molar-refractivity contribution is -0.577. The zero-order chi connectivity index (χ0) is 9.42. The Kier molecular flexibility index (Phi) is 1.85. The number of hydrogen-bond donors (Lipinski definition) is 0. The predicted octanol–water partition coefficient (Wildman–Crippen LogP) is 2.44. The van der Waals surface area contributed by atoms with Crippen molar-refractivity contribution in [1.29, 1.82) is 0 Å². The zero-order valence-electron chi connectivity index (χ0n) is 7.12. The molecule has 0 spiro atoms. The number of aromatic nitrogens is 1. The minimum Gasteiger partial charge on any atom is -0.618 e. The van der Waals surface area contributed by atoms with Gasteiger partial charge in [0.05, 0.1) is 10.4 Å². The topological polar surface area (TPSA) is 26.9 Å². The second-order valence-corrected chi connectivity index (χ2v) is 3.42. The van der Waals surface area contributed by atoms with Crippen molar-refractivity contribution in [2.45, 2.75) is 6.92 Å². The van der Waals surface area contributed by atoms with Crippen molar-refractivity contribution in [3.63, 3.8) is 0 Å². The van der Waals surface area contributed by atoms with E-state index in [1.165, 1.54) is 6.20 Å². The van der Waals surface area contributed by atoms with Crippen LogP contribution in [0.25, 0.3) is 10.9 Å². The van der Waals surface area contributed by atoms with Crippen LogP contribution >= 0.6 is 11.6 Å². The number of aryl methyl sites for hydroxylation is 1. The first-order chi connectivity index (χ1) is 6.18. The fraction of sp³-hybridized carbons (Fsp3) is 0.100. The molecule has 0 fully saturated rings. The van der Waals surface area contributed by atoms with Crippen LogP contribution < -0.4 is 4.73 Å². The number of benzene rings is 1. The van der Waals surface area contributed by atoms with E-state index in [4.69, 9.17) is 11.6 Å². The fourth-order valence-electron chi connectivity index (χ4n) is 1.33. The zero-order valence-corrected chi connectivity index (χ0v) is 7.88. The Labute approximate surface area is 81.0 Å². The minimum atomic E-state index is 0.613. The van der Waals surface area contributed by atoms with Gasteiger partial charge < -0.3 is 5.21 Å². The van der Waals surface area contributed by atoms with E-state index in [0.29, 0.717) is 10.5 Å². The van der Waals surface area contributed by atoms with Gasteiger partial charge in [-0.05, 0) is 18.6 Å². The van der Waals surface area contributed by atoms with E-state index in [9.17, 15) is 5.21 Å². The van der Waals surface area contributed by atoms with Gasteiger partial charge in [0.15, 0.2) is 6.20 Å². The van der Waals surface area contributed by atoms with Gasteiger partial charge in [0.1, 0.15) is 0 Å². The molecule has 0 aliphatic rings. The van der Waals surface area contributed by atoms with Crippen molar-refractivity contribution in [3.8, 4) is 0 Å². The number of rotatable bonds is 0. The average molecular weight is 194 g/mol. The number of fused-ring (bicyclic) bond motifs is 1. The summed E-state index contributed by atoms with van der Waals surface area (Å²) in [5.41, 5.74) is 1.67. The highest BCUT2D eigenvalue weighted by molar-refractivity contribution is 6.35. The highest BCUT2D eigenvalue weighted by atomic mass is 35.5. The van der Waals surface area contributed by atoms with Gasteiger partial charge in [-0.25, -0.2) is 0 Å². The van der Waals surface area contributed by atoms with E-state index in [-0.39, 0.29) is 0 Å². The summed E-state index contributed by atoms with van der Waals surface area (Å²) in [7, 11) is 0. The molecule has 2 aromatic rings. The molecule has 0 amide bonds. The van der Waals surface area contributed by atoms with Crippen LogP contribution in [-0.2, 0) is 0 Å². The van der Waals surface area contributed by atoms with Crippen molar-refractivity contribution in [2.24, 2.45) is 0 Å².